The first kappa shape index (κ1) is 19.7. The van der Waals surface area contributed by atoms with E-state index in [1.807, 2.05) is 18.2 Å². The summed E-state index contributed by atoms with van der Waals surface area (Å²) in [4.78, 5) is 1.54. The summed E-state index contributed by atoms with van der Waals surface area (Å²) in [6.07, 6.45) is 0. The maximum atomic E-state index is 9.52. The Morgan fingerprint density at radius 3 is 2.17 bits per heavy atom. The number of hydrogen-bond acceptors (Lipinski definition) is 1. The van der Waals surface area contributed by atoms with E-state index < -0.39 is 0 Å². The molecule has 0 saturated carbocycles. The maximum Gasteiger partial charge on any atom is 0.171 e. The van der Waals surface area contributed by atoms with Gasteiger partial charge in [0.1, 0.15) is 19.7 Å². The lowest BCUT2D eigenvalue weighted by atomic mass is 10.1. The third-order valence-corrected chi connectivity index (χ3v) is 3.70. The molecule has 0 fully saturated rings. The minimum absolute atomic E-state index is 0.0328. The third kappa shape index (κ3) is 9.40. The highest BCUT2D eigenvalue weighted by molar-refractivity contribution is 5.13. The summed E-state index contributed by atoms with van der Waals surface area (Å²) >= 11 is 0. The fraction of sp³-hybridized carbons (Fsp3) is 0.600. The van der Waals surface area contributed by atoms with E-state index >= 15 is 0 Å². The molecule has 0 aromatic heterocycles. The second-order valence-corrected chi connectivity index (χ2v) is 7.16. The molecule has 1 aromatic carbocycles. The minimum Gasteiger partial charge on any atom is -0.389 e. The van der Waals surface area contributed by atoms with Gasteiger partial charge in [-0.25, -0.2) is 0 Å². The van der Waals surface area contributed by atoms with Crippen LogP contribution in [0, 0.1) is 23.7 Å². The lowest BCUT2D eigenvalue weighted by Gasteiger charge is -2.20. The molecular weight excluding hydrogens is 284 g/mol. The molecule has 0 aliphatic rings. The average molecular weight is 319 g/mol. The first-order chi connectivity index (χ1) is 11.0. The average Bonchev–Trinajstić information content (AvgIpc) is 2.50. The Labute approximate surface area is 142 Å². The molecule has 0 unspecified atom stereocenters. The van der Waals surface area contributed by atoms with Gasteiger partial charge in [-0.3, -0.25) is 0 Å². The summed E-state index contributed by atoms with van der Waals surface area (Å²) in [6, 6.07) is 10.3. The Hall–Kier alpha value is -1.34. The Kier molecular flexibility index (Phi) is 9.63. The second kappa shape index (κ2) is 11.2. The van der Waals surface area contributed by atoms with Crippen molar-refractivity contribution in [3.05, 3.63) is 35.9 Å². The smallest absolute Gasteiger partial charge is 0.171 e. The van der Waals surface area contributed by atoms with E-state index in [9.17, 15) is 5.11 Å². The van der Waals surface area contributed by atoms with Crippen LogP contribution in [0.4, 0.5) is 0 Å². The zero-order valence-electron chi connectivity index (χ0n) is 15.2. The number of aliphatic hydroxyl groups excluding tert-OH is 1. The predicted molar refractivity (Wildman–Crippen MR) is 96.0 cm³/mol. The molecule has 1 aromatic rings. The van der Waals surface area contributed by atoms with E-state index in [-0.39, 0.29) is 12.6 Å². The molecule has 128 valence electrons. The molecule has 0 bridgehead atoms. The highest BCUT2D eigenvalue weighted by Gasteiger charge is 2.12. The first-order valence-electron chi connectivity index (χ1n) is 8.81. The van der Waals surface area contributed by atoms with Crippen molar-refractivity contribution < 1.29 is 15.3 Å². The molecule has 0 aliphatic heterocycles. The van der Waals surface area contributed by atoms with Crippen LogP contribution < -0.4 is 10.2 Å². The molecule has 0 amide bonds. The van der Waals surface area contributed by atoms with Gasteiger partial charge in [0.05, 0.1) is 13.1 Å². The Morgan fingerprint density at radius 1 is 1.04 bits per heavy atom. The summed E-state index contributed by atoms with van der Waals surface area (Å²) in [5.41, 5.74) is 1.26. The first-order valence-corrected chi connectivity index (χ1v) is 8.81. The third-order valence-electron chi connectivity index (χ3n) is 3.70. The van der Waals surface area contributed by atoms with Crippen molar-refractivity contribution in [2.45, 2.75) is 40.3 Å². The summed E-state index contributed by atoms with van der Waals surface area (Å²) in [6.45, 7) is 13.2. The van der Waals surface area contributed by atoms with E-state index in [0.717, 1.165) is 26.2 Å². The molecular formula is C20H34N2O+2. The quantitative estimate of drug-likeness (QED) is 0.564. The van der Waals surface area contributed by atoms with Crippen molar-refractivity contribution in [2.75, 3.05) is 26.2 Å². The summed E-state index contributed by atoms with van der Waals surface area (Å²) in [5, 5.41) is 11.6. The summed E-state index contributed by atoms with van der Waals surface area (Å²) in [7, 11) is 0. The van der Waals surface area contributed by atoms with Crippen molar-refractivity contribution in [1.29, 1.82) is 0 Å². The normalized spacial score (nSPS) is 12.5. The van der Waals surface area contributed by atoms with E-state index in [1.54, 1.807) is 4.90 Å². The highest BCUT2D eigenvalue weighted by atomic mass is 16.3. The zero-order valence-corrected chi connectivity index (χ0v) is 15.2. The fourth-order valence-corrected chi connectivity index (χ4v) is 2.76. The fourth-order valence-electron chi connectivity index (χ4n) is 2.76. The van der Waals surface area contributed by atoms with E-state index in [4.69, 9.17) is 0 Å². The van der Waals surface area contributed by atoms with Gasteiger partial charge in [0.15, 0.2) is 6.04 Å². The lowest BCUT2D eigenvalue weighted by Crippen LogP contribution is -3.13. The van der Waals surface area contributed by atoms with Crippen LogP contribution in [0.3, 0.4) is 0 Å². The van der Waals surface area contributed by atoms with Crippen LogP contribution in [0.5, 0.6) is 0 Å². The van der Waals surface area contributed by atoms with Gasteiger partial charge in [-0.05, 0) is 11.8 Å². The van der Waals surface area contributed by atoms with Gasteiger partial charge in [-0.15, -0.1) is 0 Å². The van der Waals surface area contributed by atoms with Gasteiger partial charge in [-0.1, -0.05) is 58.0 Å². The second-order valence-electron chi connectivity index (χ2n) is 7.16. The van der Waals surface area contributed by atoms with Gasteiger partial charge < -0.3 is 15.3 Å². The molecule has 4 N–H and O–H groups in total. The minimum atomic E-state index is -0.0328. The van der Waals surface area contributed by atoms with Gasteiger partial charge in [0, 0.05) is 17.4 Å². The molecule has 1 atom stereocenters. The van der Waals surface area contributed by atoms with Crippen molar-refractivity contribution in [2.24, 2.45) is 11.8 Å². The largest absolute Gasteiger partial charge is 0.389 e. The molecule has 23 heavy (non-hydrogen) atoms. The Bertz CT molecular complexity index is 463. The van der Waals surface area contributed by atoms with Crippen molar-refractivity contribution >= 4 is 0 Å². The maximum absolute atomic E-state index is 9.52. The molecule has 3 nitrogen and oxygen atoms in total. The number of nitrogens with one attached hydrogen (secondary N) is 1. The Morgan fingerprint density at radius 2 is 1.65 bits per heavy atom. The summed E-state index contributed by atoms with van der Waals surface area (Å²) in [5.74, 6) is 7.91. The van der Waals surface area contributed by atoms with Crippen molar-refractivity contribution in [3.63, 3.8) is 0 Å². The van der Waals surface area contributed by atoms with Crippen LogP contribution >= 0.6 is 0 Å². The van der Waals surface area contributed by atoms with Gasteiger partial charge in [0.25, 0.3) is 0 Å². The van der Waals surface area contributed by atoms with Crippen molar-refractivity contribution in [3.8, 4) is 11.8 Å². The Balaban J connectivity index is 2.48. The number of aliphatic hydroxyl groups is 1. The molecule has 0 saturated heterocycles. The van der Waals surface area contributed by atoms with E-state index in [1.165, 1.54) is 5.56 Å². The molecule has 0 radical (unpaired) electrons. The van der Waals surface area contributed by atoms with Crippen LogP contribution in [-0.2, 0) is 6.54 Å². The van der Waals surface area contributed by atoms with E-state index in [2.05, 4.69) is 57.0 Å². The zero-order chi connectivity index (χ0) is 17.1. The van der Waals surface area contributed by atoms with Gasteiger partial charge in [-0.2, -0.15) is 0 Å². The van der Waals surface area contributed by atoms with Crippen molar-refractivity contribution in [1.82, 2.24) is 0 Å². The molecule has 0 spiro atoms. The molecule has 3 heteroatoms. The number of benzene rings is 1. The van der Waals surface area contributed by atoms with Crippen LogP contribution in [0.25, 0.3) is 0 Å². The van der Waals surface area contributed by atoms with Gasteiger partial charge >= 0.3 is 0 Å². The van der Waals surface area contributed by atoms with Crippen LogP contribution in [0.2, 0.25) is 0 Å². The molecule has 0 aliphatic carbocycles. The van der Waals surface area contributed by atoms with E-state index in [0.29, 0.717) is 11.8 Å². The molecule has 1 rings (SSSR count). The SMILES string of the molecule is CC(C)C[NH+](CC#C[C@H](CO)[NH2+]Cc1ccccc1)CC(C)C. The predicted octanol–water partition coefficient (Wildman–Crippen LogP) is 0.311. The van der Waals surface area contributed by atoms with Gasteiger partial charge in [0.2, 0.25) is 0 Å². The van der Waals surface area contributed by atoms with Crippen LogP contribution in [0.15, 0.2) is 30.3 Å². The number of nitrogens with two attached hydrogens (primary N) is 1. The number of rotatable bonds is 9. The molecule has 0 heterocycles. The van der Waals surface area contributed by atoms with Crippen LogP contribution in [0.1, 0.15) is 33.3 Å². The topological polar surface area (TPSA) is 41.3 Å². The standard InChI is InChI=1S/C20H32N2O/c1-17(2)14-22(15-18(3)4)12-8-11-20(16-23)21-13-19-9-6-5-7-10-19/h5-7,9-10,17-18,20-21,23H,12-16H2,1-4H3/p+2/t20-/m1/s1. The van der Waals surface area contributed by atoms with Crippen LogP contribution in [-0.4, -0.2) is 37.4 Å². The monoisotopic (exact) mass is 318 g/mol. The highest BCUT2D eigenvalue weighted by Crippen LogP contribution is 1.94. The summed E-state index contributed by atoms with van der Waals surface area (Å²) < 4.78 is 0. The number of hydrogen-bond donors (Lipinski definition) is 3. The number of quaternary nitrogens is 2. The lowest BCUT2D eigenvalue weighted by molar-refractivity contribution is -0.898.